The van der Waals surface area contributed by atoms with Gasteiger partial charge in [0, 0.05) is 19.8 Å². The summed E-state index contributed by atoms with van der Waals surface area (Å²) in [5, 5.41) is 7.04. The molecule has 0 saturated carbocycles. The molecule has 0 unspecified atom stereocenters. The van der Waals surface area contributed by atoms with Crippen LogP contribution in [0.2, 0.25) is 0 Å². The molecule has 1 N–H and O–H groups in total. The molecule has 0 saturated heterocycles. The molecule has 0 aliphatic carbocycles. The molecule has 0 aliphatic rings. The van der Waals surface area contributed by atoms with Gasteiger partial charge in [0.25, 0.3) is 11.7 Å². The maximum Gasteiger partial charge on any atom is 0.292 e. The zero-order chi connectivity index (χ0) is 17.5. The van der Waals surface area contributed by atoms with Crippen LogP contribution in [0.25, 0.3) is 5.69 Å². The van der Waals surface area contributed by atoms with Gasteiger partial charge < -0.3 is 10.1 Å². The van der Waals surface area contributed by atoms with Gasteiger partial charge in [0.05, 0.1) is 22.6 Å². The van der Waals surface area contributed by atoms with Crippen LogP contribution in [0.5, 0.6) is 0 Å². The summed E-state index contributed by atoms with van der Waals surface area (Å²) < 4.78 is 6.89. The van der Waals surface area contributed by atoms with Gasteiger partial charge in [-0.25, -0.2) is 4.68 Å². The molecule has 6 nitrogen and oxygen atoms in total. The minimum Gasteiger partial charge on any atom is -0.382 e. The Labute approximate surface area is 141 Å². The Morgan fingerprint density at radius 2 is 1.92 bits per heavy atom. The third-order valence-corrected chi connectivity index (χ3v) is 3.68. The monoisotopic (exact) mass is 329 g/mol. The molecule has 0 fully saturated rings. The van der Waals surface area contributed by atoms with E-state index in [4.69, 9.17) is 4.74 Å². The van der Waals surface area contributed by atoms with Gasteiger partial charge in [-0.1, -0.05) is 18.2 Å². The van der Waals surface area contributed by atoms with Gasteiger partial charge >= 0.3 is 0 Å². The van der Waals surface area contributed by atoms with Crippen LogP contribution in [-0.2, 0) is 9.53 Å². The third-order valence-electron chi connectivity index (χ3n) is 3.68. The van der Waals surface area contributed by atoms with E-state index in [9.17, 15) is 9.59 Å². The number of hydrogen-bond donors (Lipinski definition) is 1. The van der Waals surface area contributed by atoms with Crippen LogP contribution in [0.15, 0.2) is 30.3 Å². The number of ketones is 1. The highest BCUT2D eigenvalue weighted by molar-refractivity contribution is 6.43. The molecular formula is C18H23N3O3. The van der Waals surface area contributed by atoms with Gasteiger partial charge in [0.2, 0.25) is 0 Å². The van der Waals surface area contributed by atoms with E-state index in [1.807, 2.05) is 37.3 Å². The highest BCUT2D eigenvalue weighted by Crippen LogP contribution is 2.18. The molecule has 0 radical (unpaired) electrons. The number of aryl methyl sites for hydroxylation is 1. The van der Waals surface area contributed by atoms with Crippen molar-refractivity contribution >= 4 is 11.7 Å². The lowest BCUT2D eigenvalue weighted by atomic mass is 10.1. The fraction of sp³-hybridized carbons (Fsp3) is 0.389. The summed E-state index contributed by atoms with van der Waals surface area (Å²) in [6.45, 7) is 7.07. The van der Waals surface area contributed by atoms with Crippen molar-refractivity contribution < 1.29 is 14.3 Å². The van der Waals surface area contributed by atoms with Gasteiger partial charge in [-0.15, -0.1) is 0 Å². The van der Waals surface area contributed by atoms with Crippen molar-refractivity contribution in [1.82, 2.24) is 15.1 Å². The Morgan fingerprint density at radius 1 is 1.21 bits per heavy atom. The van der Waals surface area contributed by atoms with E-state index in [2.05, 4.69) is 10.4 Å². The number of Topliss-reactive ketones (excluding diaryl/α,β-unsaturated/α-hetero) is 1. The van der Waals surface area contributed by atoms with Gasteiger partial charge in [-0.3, -0.25) is 9.59 Å². The summed E-state index contributed by atoms with van der Waals surface area (Å²) in [5.41, 5.74) is 2.43. The molecule has 1 amide bonds. The minimum absolute atomic E-state index is 0.362. The van der Waals surface area contributed by atoms with Crippen LogP contribution in [0.3, 0.4) is 0 Å². The predicted octanol–water partition coefficient (Wildman–Crippen LogP) is 2.21. The number of nitrogens with zero attached hydrogens (tertiary/aromatic N) is 2. The summed E-state index contributed by atoms with van der Waals surface area (Å²) >= 11 is 0. The quantitative estimate of drug-likeness (QED) is 0.458. The van der Waals surface area contributed by atoms with Crippen molar-refractivity contribution in [3.8, 4) is 5.69 Å². The normalized spacial score (nSPS) is 10.6. The van der Waals surface area contributed by atoms with E-state index < -0.39 is 11.7 Å². The van der Waals surface area contributed by atoms with Crippen molar-refractivity contribution in [2.45, 2.75) is 27.2 Å². The number of ether oxygens (including phenoxy) is 1. The molecule has 2 aromatic rings. The lowest BCUT2D eigenvalue weighted by molar-refractivity contribution is -0.117. The topological polar surface area (TPSA) is 73.2 Å². The molecule has 1 aromatic heterocycles. The number of benzene rings is 1. The second-order valence-electron chi connectivity index (χ2n) is 5.43. The van der Waals surface area contributed by atoms with Crippen LogP contribution in [0.1, 0.15) is 35.1 Å². The lowest BCUT2D eigenvalue weighted by Gasteiger charge is -2.06. The van der Waals surface area contributed by atoms with E-state index in [1.165, 1.54) is 0 Å². The van der Waals surface area contributed by atoms with Crippen LogP contribution >= 0.6 is 0 Å². The number of para-hydroxylation sites is 1. The van der Waals surface area contributed by atoms with Gasteiger partial charge in [0.15, 0.2) is 0 Å². The Balaban J connectivity index is 2.10. The van der Waals surface area contributed by atoms with Crippen LogP contribution < -0.4 is 5.32 Å². The fourth-order valence-electron chi connectivity index (χ4n) is 2.51. The number of aromatic nitrogens is 2. The lowest BCUT2D eigenvalue weighted by Crippen LogP contribution is -2.32. The van der Waals surface area contributed by atoms with Gasteiger partial charge in [0.1, 0.15) is 0 Å². The summed E-state index contributed by atoms with van der Waals surface area (Å²) in [6, 6.07) is 9.52. The molecule has 0 spiro atoms. The number of rotatable bonds is 8. The van der Waals surface area contributed by atoms with Crippen LogP contribution in [0.4, 0.5) is 0 Å². The Bertz CT molecular complexity index is 708. The zero-order valence-electron chi connectivity index (χ0n) is 14.3. The summed E-state index contributed by atoms with van der Waals surface area (Å²) in [4.78, 5) is 24.5. The maximum atomic E-state index is 12.5. The van der Waals surface area contributed by atoms with Crippen LogP contribution in [0, 0.1) is 13.8 Å². The van der Waals surface area contributed by atoms with Gasteiger partial charge in [-0.2, -0.15) is 5.10 Å². The zero-order valence-corrected chi connectivity index (χ0v) is 14.3. The number of amides is 1. The molecule has 1 heterocycles. The molecule has 0 atom stereocenters. The first-order valence-corrected chi connectivity index (χ1v) is 8.08. The standard InChI is InChI=1S/C18H23N3O3/c1-4-24-12-8-11-19-18(23)17(22)16-13(2)20-21(14(16)3)15-9-6-5-7-10-15/h5-7,9-10H,4,8,11-12H2,1-3H3,(H,19,23). The van der Waals surface area contributed by atoms with Crippen molar-refractivity contribution in [3.63, 3.8) is 0 Å². The highest BCUT2D eigenvalue weighted by atomic mass is 16.5. The first-order chi connectivity index (χ1) is 11.6. The van der Waals surface area contributed by atoms with Gasteiger partial charge in [-0.05, 0) is 39.3 Å². The van der Waals surface area contributed by atoms with E-state index in [0.29, 0.717) is 43.1 Å². The number of carbonyl (C=O) groups excluding carboxylic acids is 2. The fourth-order valence-corrected chi connectivity index (χ4v) is 2.51. The van der Waals surface area contributed by atoms with Crippen molar-refractivity contribution in [2.24, 2.45) is 0 Å². The molecule has 128 valence electrons. The first kappa shape index (κ1) is 17.9. The Hall–Kier alpha value is -2.47. The molecule has 2 rings (SSSR count). The summed E-state index contributed by atoms with van der Waals surface area (Å²) in [5.74, 6) is -1.16. The molecule has 0 aliphatic heterocycles. The smallest absolute Gasteiger partial charge is 0.292 e. The average Bonchev–Trinajstić information content (AvgIpc) is 2.89. The second kappa shape index (κ2) is 8.40. The van der Waals surface area contributed by atoms with E-state index in [0.717, 1.165) is 5.69 Å². The molecule has 1 aromatic carbocycles. The SMILES string of the molecule is CCOCCCNC(=O)C(=O)c1c(C)nn(-c2ccccc2)c1C. The van der Waals surface area contributed by atoms with Crippen molar-refractivity contribution in [1.29, 1.82) is 0 Å². The largest absolute Gasteiger partial charge is 0.382 e. The molecule has 0 bridgehead atoms. The average molecular weight is 329 g/mol. The molecule has 6 heteroatoms. The molecular weight excluding hydrogens is 306 g/mol. The van der Waals surface area contributed by atoms with E-state index in [1.54, 1.807) is 18.5 Å². The van der Waals surface area contributed by atoms with E-state index >= 15 is 0 Å². The third kappa shape index (κ3) is 4.08. The number of hydrogen-bond acceptors (Lipinski definition) is 4. The Kier molecular flexibility index (Phi) is 6.26. The van der Waals surface area contributed by atoms with Crippen molar-refractivity contribution in [2.75, 3.05) is 19.8 Å². The second-order valence-corrected chi connectivity index (χ2v) is 5.43. The molecule has 24 heavy (non-hydrogen) atoms. The van der Waals surface area contributed by atoms with Crippen LogP contribution in [-0.4, -0.2) is 41.2 Å². The Morgan fingerprint density at radius 3 is 2.58 bits per heavy atom. The summed E-state index contributed by atoms with van der Waals surface area (Å²) in [7, 11) is 0. The maximum absolute atomic E-state index is 12.5. The number of carbonyl (C=O) groups is 2. The highest BCUT2D eigenvalue weighted by Gasteiger charge is 2.24. The number of nitrogens with one attached hydrogen (secondary N) is 1. The predicted molar refractivity (Wildman–Crippen MR) is 91.5 cm³/mol. The minimum atomic E-state index is -0.606. The summed E-state index contributed by atoms with van der Waals surface area (Å²) in [6.07, 6.45) is 0.675. The van der Waals surface area contributed by atoms with Crippen molar-refractivity contribution in [3.05, 3.63) is 47.3 Å². The first-order valence-electron chi connectivity index (χ1n) is 8.08. The van der Waals surface area contributed by atoms with E-state index in [-0.39, 0.29) is 0 Å².